The van der Waals surface area contributed by atoms with Gasteiger partial charge in [-0.05, 0) is 91.3 Å². The minimum atomic E-state index is 0.722. The van der Waals surface area contributed by atoms with Gasteiger partial charge in [-0.25, -0.2) is 0 Å². The van der Waals surface area contributed by atoms with Crippen LogP contribution in [0.15, 0.2) is 86.2 Å². The molecule has 0 amide bonds. The molecule has 0 saturated carbocycles. The first-order valence-electron chi connectivity index (χ1n) is 13.0. The van der Waals surface area contributed by atoms with Gasteiger partial charge in [-0.15, -0.1) is 11.8 Å². The second-order valence-electron chi connectivity index (χ2n) is 10.3. The Kier molecular flexibility index (Phi) is 5.91. The zero-order valence-corrected chi connectivity index (χ0v) is 23.4. The minimum Gasteiger partial charge on any atom is -0.338 e. The van der Waals surface area contributed by atoms with Gasteiger partial charge in [-0.2, -0.15) is 4.57 Å². The molecule has 0 fully saturated rings. The van der Waals surface area contributed by atoms with Gasteiger partial charge < -0.3 is 4.90 Å². The molecule has 3 heterocycles. The molecule has 182 valence electrons. The van der Waals surface area contributed by atoms with Crippen LogP contribution >= 0.6 is 34.9 Å². The van der Waals surface area contributed by atoms with Gasteiger partial charge in [0.05, 0.1) is 10.7 Å². The maximum Gasteiger partial charge on any atom is 0.263 e. The van der Waals surface area contributed by atoms with Gasteiger partial charge in [0, 0.05) is 34.9 Å². The summed E-state index contributed by atoms with van der Waals surface area (Å²) in [5.41, 5.74) is 8.86. The largest absolute Gasteiger partial charge is 0.338 e. The van der Waals surface area contributed by atoms with Crippen molar-refractivity contribution in [2.45, 2.75) is 54.9 Å². The van der Waals surface area contributed by atoms with E-state index in [2.05, 4.69) is 83.5 Å². The van der Waals surface area contributed by atoms with Crippen molar-refractivity contribution in [3.63, 3.8) is 0 Å². The van der Waals surface area contributed by atoms with Crippen LogP contribution < -0.4 is 9.47 Å². The number of thioether (sulfide) groups is 2. The number of hydrogen-bond acceptors (Lipinski definition) is 4. The van der Waals surface area contributed by atoms with Crippen molar-refractivity contribution in [3.8, 4) is 0 Å². The summed E-state index contributed by atoms with van der Waals surface area (Å²) in [6.07, 6.45) is 19.5. The Hall–Kier alpha value is -2.21. The molecule has 2 aromatic carbocycles. The topological polar surface area (TPSA) is 7.12 Å². The van der Waals surface area contributed by atoms with Crippen LogP contribution in [0.3, 0.4) is 0 Å². The van der Waals surface area contributed by atoms with Gasteiger partial charge in [0.1, 0.15) is 4.70 Å². The average molecular weight is 528 g/mol. The number of hydrogen-bond donors (Lipinski definition) is 0. The number of thiazole rings is 1. The van der Waals surface area contributed by atoms with Crippen molar-refractivity contribution in [2.24, 2.45) is 5.92 Å². The summed E-state index contributed by atoms with van der Waals surface area (Å²) in [6, 6.07) is 13.7. The fourth-order valence-corrected chi connectivity index (χ4v) is 8.90. The number of allylic oxidation sites excluding steroid dienone is 6. The lowest BCUT2D eigenvalue weighted by molar-refractivity contribution is -0.671. The predicted molar refractivity (Wildman–Crippen MR) is 157 cm³/mol. The molecule has 7 rings (SSSR count). The smallest absolute Gasteiger partial charge is 0.263 e. The third-order valence-electron chi connectivity index (χ3n) is 8.09. The summed E-state index contributed by atoms with van der Waals surface area (Å²) >= 11 is 5.69. The number of para-hydroxylation sites is 1. The van der Waals surface area contributed by atoms with Gasteiger partial charge >= 0.3 is 0 Å². The van der Waals surface area contributed by atoms with Gasteiger partial charge in [-0.1, -0.05) is 47.4 Å². The van der Waals surface area contributed by atoms with E-state index in [9.17, 15) is 0 Å². The summed E-state index contributed by atoms with van der Waals surface area (Å²) in [4.78, 5) is 5.06. The number of rotatable bonds is 3. The van der Waals surface area contributed by atoms with Gasteiger partial charge in [0.15, 0.2) is 6.54 Å². The second kappa shape index (κ2) is 9.27. The Morgan fingerprint density at radius 3 is 2.89 bits per heavy atom. The van der Waals surface area contributed by atoms with E-state index in [0.717, 1.165) is 12.5 Å². The first-order valence-corrected chi connectivity index (χ1v) is 15.9. The van der Waals surface area contributed by atoms with Crippen LogP contribution in [0.25, 0.3) is 16.3 Å². The highest BCUT2D eigenvalue weighted by atomic mass is 32.2. The first kappa shape index (κ1) is 22.9. The molecule has 0 N–H and O–H groups in total. The Morgan fingerprint density at radius 1 is 1.06 bits per heavy atom. The zero-order valence-electron chi connectivity index (χ0n) is 20.9. The Balaban J connectivity index is 1.19. The molecule has 0 radical (unpaired) electrons. The van der Waals surface area contributed by atoms with Crippen LogP contribution in [-0.4, -0.2) is 13.3 Å². The molecule has 4 aliphatic rings. The van der Waals surface area contributed by atoms with Crippen LogP contribution in [-0.2, 0) is 13.0 Å². The van der Waals surface area contributed by atoms with Crippen molar-refractivity contribution >= 4 is 56.8 Å². The maximum atomic E-state index is 2.58. The molecule has 5 heteroatoms. The van der Waals surface area contributed by atoms with Gasteiger partial charge in [0.25, 0.3) is 5.01 Å². The average Bonchev–Trinajstić information content (AvgIpc) is 3.42. The summed E-state index contributed by atoms with van der Waals surface area (Å²) < 4.78 is 4.02. The molecule has 1 atom stereocenters. The van der Waals surface area contributed by atoms with Crippen LogP contribution in [0.1, 0.15) is 42.7 Å². The van der Waals surface area contributed by atoms with Crippen LogP contribution in [0.5, 0.6) is 0 Å². The highest BCUT2D eigenvalue weighted by Crippen LogP contribution is 2.47. The molecule has 0 spiro atoms. The van der Waals surface area contributed by atoms with Crippen molar-refractivity contribution in [1.82, 2.24) is 0 Å². The quantitative estimate of drug-likeness (QED) is 0.250. The van der Waals surface area contributed by atoms with Crippen LogP contribution in [0.2, 0.25) is 0 Å². The monoisotopic (exact) mass is 527 g/mol. The van der Waals surface area contributed by atoms with Gasteiger partial charge in [0.2, 0.25) is 5.52 Å². The van der Waals surface area contributed by atoms with E-state index in [-0.39, 0.29) is 0 Å². The molecule has 2 aliphatic heterocycles. The number of nitrogens with zero attached hydrogens (tertiary/aromatic N) is 2. The lowest BCUT2D eigenvalue weighted by atomic mass is 9.77. The SMILES string of the molecule is CSc1ccc2c(c1)N(C)/C(=C/C1=CC3=C/C(=C/c4sc5cccc6c5[n+]4CCC6)CCC3CC1)S2. The summed E-state index contributed by atoms with van der Waals surface area (Å²) in [5, 5.41) is 2.77. The van der Waals surface area contributed by atoms with Crippen molar-refractivity contribution < 1.29 is 4.57 Å². The maximum absolute atomic E-state index is 2.58. The third-order valence-corrected chi connectivity index (χ3v) is 11.1. The lowest BCUT2D eigenvalue weighted by Gasteiger charge is -2.28. The molecular weight excluding hydrogens is 497 g/mol. The third kappa shape index (κ3) is 4.00. The molecule has 36 heavy (non-hydrogen) atoms. The van der Waals surface area contributed by atoms with Crippen molar-refractivity contribution in [1.29, 1.82) is 0 Å². The molecule has 3 aromatic rings. The van der Waals surface area contributed by atoms with E-state index in [0.29, 0.717) is 0 Å². The highest BCUT2D eigenvalue weighted by Gasteiger charge is 2.28. The van der Waals surface area contributed by atoms with Crippen LogP contribution in [0, 0.1) is 5.92 Å². The molecule has 1 aromatic heterocycles. The summed E-state index contributed by atoms with van der Waals surface area (Å²) in [5.74, 6) is 0.722. The summed E-state index contributed by atoms with van der Waals surface area (Å²) in [6.45, 7) is 1.15. The Labute approximate surface area is 226 Å². The number of benzene rings is 2. The molecule has 1 unspecified atom stereocenters. The molecular formula is C31H31N2S3+. The fourth-order valence-electron chi connectivity index (χ4n) is 6.15. The standard InChI is InChI=1S/C31H31N2S3/c1-32-26-19-25(34-2)12-13-27(26)35-29(32)17-20-8-10-22-11-9-21(16-24(22)15-20)18-30-33-14-4-6-23-5-3-7-28(36-30)31(23)33/h3,5,7,12-13,15-19,22H,4,6,8-11,14H2,1-2H3/q+1. The molecule has 0 saturated heterocycles. The zero-order chi connectivity index (χ0) is 24.2. The molecule has 2 aliphatic carbocycles. The molecule has 0 bridgehead atoms. The van der Waals surface area contributed by atoms with Gasteiger partial charge in [-0.3, -0.25) is 0 Å². The Morgan fingerprint density at radius 2 is 1.97 bits per heavy atom. The second-order valence-corrected chi connectivity index (χ2v) is 13.3. The summed E-state index contributed by atoms with van der Waals surface area (Å²) in [7, 11) is 2.21. The number of anilines is 1. The number of aromatic nitrogens is 1. The lowest BCUT2D eigenvalue weighted by Crippen LogP contribution is -2.38. The number of aryl methyl sites for hydroxylation is 2. The fraction of sp³-hybridized carbons (Fsp3) is 0.323. The van der Waals surface area contributed by atoms with E-state index in [1.165, 1.54) is 91.0 Å². The van der Waals surface area contributed by atoms with E-state index < -0.39 is 0 Å². The van der Waals surface area contributed by atoms with Crippen LogP contribution in [0.4, 0.5) is 5.69 Å². The van der Waals surface area contributed by atoms with Crippen molar-refractivity contribution in [2.75, 3.05) is 18.2 Å². The normalized spacial score (nSPS) is 23.2. The number of fused-ring (bicyclic) bond motifs is 2. The highest BCUT2D eigenvalue weighted by molar-refractivity contribution is 8.03. The molecule has 2 nitrogen and oxygen atoms in total. The van der Waals surface area contributed by atoms with E-state index in [1.807, 2.05) is 34.9 Å². The Bertz CT molecular complexity index is 1500. The van der Waals surface area contributed by atoms with Crippen molar-refractivity contribution in [3.05, 3.63) is 86.9 Å². The minimum absolute atomic E-state index is 0.722. The van der Waals surface area contributed by atoms with E-state index in [1.54, 1.807) is 5.57 Å². The predicted octanol–water partition coefficient (Wildman–Crippen LogP) is 8.38. The first-order chi connectivity index (χ1) is 17.7. The van der Waals surface area contributed by atoms with E-state index in [4.69, 9.17) is 0 Å². The van der Waals surface area contributed by atoms with E-state index >= 15 is 0 Å².